The lowest BCUT2D eigenvalue weighted by Gasteiger charge is -2.29. The van der Waals surface area contributed by atoms with Gasteiger partial charge < -0.3 is 10.1 Å². The van der Waals surface area contributed by atoms with Crippen LogP contribution in [-0.4, -0.2) is 41.5 Å². The molecule has 0 unspecified atom stereocenters. The molecular formula is C24H25N3O3. The summed E-state index contributed by atoms with van der Waals surface area (Å²) in [7, 11) is 0. The Kier molecular flexibility index (Phi) is 5.77. The molecule has 1 aromatic heterocycles. The Bertz CT molecular complexity index is 1090. The summed E-state index contributed by atoms with van der Waals surface area (Å²) in [6.45, 7) is 6.82. The summed E-state index contributed by atoms with van der Waals surface area (Å²) in [6.07, 6.45) is 0.836. The normalized spacial score (nSPS) is 13.7. The fourth-order valence-electron chi connectivity index (χ4n) is 3.87. The molecular weight excluding hydrogens is 378 g/mol. The number of likely N-dealkylation sites (N-methyl/N-ethyl adjacent to an activating group) is 1. The Balaban J connectivity index is 1.68. The number of amides is 1. The maximum absolute atomic E-state index is 13.4. The average molecular weight is 403 g/mol. The van der Waals surface area contributed by atoms with Crippen molar-refractivity contribution >= 4 is 28.5 Å². The fourth-order valence-corrected chi connectivity index (χ4v) is 3.87. The molecule has 0 atom stereocenters. The van der Waals surface area contributed by atoms with E-state index >= 15 is 0 Å². The van der Waals surface area contributed by atoms with Crippen molar-refractivity contribution in [2.75, 3.05) is 25.0 Å². The SMILES string of the molecule is CCOC(=O)c1ccc(NC(=O)c2c3c(nc4ccccc24)CCN(CC)C3)cc1. The molecule has 4 rings (SSSR count). The van der Waals surface area contributed by atoms with E-state index in [1.165, 1.54) is 0 Å². The molecule has 6 nitrogen and oxygen atoms in total. The second kappa shape index (κ2) is 8.63. The van der Waals surface area contributed by atoms with E-state index in [2.05, 4.69) is 17.1 Å². The molecule has 30 heavy (non-hydrogen) atoms. The van der Waals surface area contributed by atoms with Crippen molar-refractivity contribution in [2.45, 2.75) is 26.8 Å². The molecule has 0 aliphatic carbocycles. The fraction of sp³-hybridized carbons (Fsp3) is 0.292. The third kappa shape index (κ3) is 3.91. The van der Waals surface area contributed by atoms with Gasteiger partial charge in [-0.25, -0.2) is 4.79 Å². The van der Waals surface area contributed by atoms with E-state index < -0.39 is 0 Å². The van der Waals surface area contributed by atoms with Gasteiger partial charge in [0.05, 0.1) is 23.3 Å². The first-order valence-corrected chi connectivity index (χ1v) is 10.3. The van der Waals surface area contributed by atoms with Crippen LogP contribution in [0.25, 0.3) is 10.9 Å². The van der Waals surface area contributed by atoms with Crippen LogP contribution in [0.15, 0.2) is 48.5 Å². The lowest BCUT2D eigenvalue weighted by Crippen LogP contribution is -2.33. The number of esters is 1. The van der Waals surface area contributed by atoms with Crippen LogP contribution in [0.1, 0.15) is 45.8 Å². The topological polar surface area (TPSA) is 71.5 Å². The van der Waals surface area contributed by atoms with E-state index in [0.717, 1.165) is 41.7 Å². The van der Waals surface area contributed by atoms with Crippen molar-refractivity contribution in [2.24, 2.45) is 0 Å². The minimum absolute atomic E-state index is 0.160. The number of aromatic nitrogens is 1. The van der Waals surface area contributed by atoms with E-state index in [-0.39, 0.29) is 11.9 Å². The molecule has 1 amide bonds. The minimum atomic E-state index is -0.371. The molecule has 3 aromatic rings. The van der Waals surface area contributed by atoms with Gasteiger partial charge in [0.2, 0.25) is 0 Å². The average Bonchev–Trinajstić information content (AvgIpc) is 2.77. The molecule has 2 heterocycles. The molecule has 0 saturated heterocycles. The summed E-state index contributed by atoms with van der Waals surface area (Å²) in [6, 6.07) is 14.5. The first kappa shape index (κ1) is 20.0. The van der Waals surface area contributed by atoms with Gasteiger partial charge in [0.1, 0.15) is 0 Å². The molecule has 0 bridgehead atoms. The number of para-hydroxylation sites is 1. The lowest BCUT2D eigenvalue weighted by molar-refractivity contribution is 0.0526. The van der Waals surface area contributed by atoms with Gasteiger partial charge in [-0.05, 0) is 43.8 Å². The number of hydrogen-bond donors (Lipinski definition) is 1. The maximum Gasteiger partial charge on any atom is 0.338 e. The van der Waals surface area contributed by atoms with Crippen molar-refractivity contribution in [3.05, 3.63) is 70.9 Å². The van der Waals surface area contributed by atoms with Crippen molar-refractivity contribution in [1.29, 1.82) is 0 Å². The summed E-state index contributed by atoms with van der Waals surface area (Å²) < 4.78 is 5.01. The predicted molar refractivity (Wildman–Crippen MR) is 117 cm³/mol. The molecule has 154 valence electrons. The van der Waals surface area contributed by atoms with Gasteiger partial charge in [0.25, 0.3) is 5.91 Å². The zero-order chi connectivity index (χ0) is 21.1. The summed E-state index contributed by atoms with van der Waals surface area (Å²) in [5, 5.41) is 3.85. The Morgan fingerprint density at radius 1 is 1.10 bits per heavy atom. The van der Waals surface area contributed by atoms with Gasteiger partial charge >= 0.3 is 5.97 Å². The number of carbonyl (C=O) groups excluding carboxylic acids is 2. The standard InChI is InChI=1S/C24H25N3O3/c1-3-27-14-13-21-19(15-27)22(18-7-5-6-8-20(18)26-21)23(28)25-17-11-9-16(10-12-17)24(29)30-4-2/h5-12H,3-4,13-15H2,1-2H3,(H,25,28). The molecule has 0 spiro atoms. The number of fused-ring (bicyclic) bond motifs is 2. The number of hydrogen-bond acceptors (Lipinski definition) is 5. The Labute approximate surface area is 175 Å². The minimum Gasteiger partial charge on any atom is -0.462 e. The molecule has 2 aromatic carbocycles. The quantitative estimate of drug-likeness (QED) is 0.651. The van der Waals surface area contributed by atoms with E-state index in [4.69, 9.17) is 9.72 Å². The van der Waals surface area contributed by atoms with Gasteiger partial charge in [-0.15, -0.1) is 0 Å². The van der Waals surface area contributed by atoms with Crippen LogP contribution in [0.3, 0.4) is 0 Å². The van der Waals surface area contributed by atoms with Gasteiger partial charge in [-0.1, -0.05) is 25.1 Å². The highest BCUT2D eigenvalue weighted by Crippen LogP contribution is 2.29. The zero-order valence-corrected chi connectivity index (χ0v) is 17.3. The van der Waals surface area contributed by atoms with Gasteiger partial charge in [0.15, 0.2) is 0 Å². The summed E-state index contributed by atoms with van der Waals surface area (Å²) in [4.78, 5) is 32.4. The number of anilines is 1. The monoisotopic (exact) mass is 403 g/mol. The molecule has 1 aliphatic heterocycles. The van der Waals surface area contributed by atoms with Gasteiger partial charge in [-0.3, -0.25) is 14.7 Å². The highest BCUT2D eigenvalue weighted by atomic mass is 16.5. The number of ether oxygens (including phenoxy) is 1. The largest absolute Gasteiger partial charge is 0.462 e. The Hall–Kier alpha value is -3.25. The van der Waals surface area contributed by atoms with E-state index in [0.29, 0.717) is 30.0 Å². The van der Waals surface area contributed by atoms with E-state index in [1.54, 1.807) is 31.2 Å². The van der Waals surface area contributed by atoms with Crippen LogP contribution in [0.5, 0.6) is 0 Å². The summed E-state index contributed by atoms with van der Waals surface area (Å²) in [5.41, 5.74) is 4.61. The third-order valence-electron chi connectivity index (χ3n) is 5.45. The lowest BCUT2D eigenvalue weighted by atomic mass is 9.95. The van der Waals surface area contributed by atoms with Crippen LogP contribution in [0.2, 0.25) is 0 Å². The number of rotatable bonds is 5. The number of carbonyl (C=O) groups is 2. The summed E-state index contributed by atoms with van der Waals surface area (Å²) >= 11 is 0. The summed E-state index contributed by atoms with van der Waals surface area (Å²) in [5.74, 6) is -0.532. The van der Waals surface area contributed by atoms with Crippen LogP contribution in [-0.2, 0) is 17.7 Å². The number of pyridine rings is 1. The highest BCUT2D eigenvalue weighted by Gasteiger charge is 2.25. The van der Waals surface area contributed by atoms with Crippen LogP contribution >= 0.6 is 0 Å². The first-order valence-electron chi connectivity index (χ1n) is 10.3. The van der Waals surface area contributed by atoms with E-state index in [9.17, 15) is 9.59 Å². The number of benzene rings is 2. The van der Waals surface area contributed by atoms with Gasteiger partial charge in [-0.2, -0.15) is 0 Å². The van der Waals surface area contributed by atoms with Crippen molar-refractivity contribution < 1.29 is 14.3 Å². The van der Waals surface area contributed by atoms with Crippen LogP contribution < -0.4 is 5.32 Å². The predicted octanol–water partition coefficient (Wildman–Crippen LogP) is 4.04. The van der Waals surface area contributed by atoms with Crippen molar-refractivity contribution in [3.63, 3.8) is 0 Å². The molecule has 0 saturated carbocycles. The van der Waals surface area contributed by atoms with E-state index in [1.807, 2.05) is 24.3 Å². The molecule has 0 radical (unpaired) electrons. The second-order valence-corrected chi connectivity index (χ2v) is 7.30. The maximum atomic E-state index is 13.4. The van der Waals surface area contributed by atoms with Crippen LogP contribution in [0.4, 0.5) is 5.69 Å². The molecule has 6 heteroatoms. The molecule has 1 aliphatic rings. The highest BCUT2D eigenvalue weighted by molar-refractivity contribution is 6.13. The molecule has 1 N–H and O–H groups in total. The molecule has 0 fully saturated rings. The number of nitrogens with zero attached hydrogens (tertiary/aromatic N) is 2. The number of nitrogens with one attached hydrogen (secondary N) is 1. The van der Waals surface area contributed by atoms with Crippen LogP contribution in [0, 0.1) is 0 Å². The second-order valence-electron chi connectivity index (χ2n) is 7.30. The van der Waals surface area contributed by atoms with Gasteiger partial charge in [0, 0.05) is 41.8 Å². The third-order valence-corrected chi connectivity index (χ3v) is 5.45. The Morgan fingerprint density at radius 3 is 2.60 bits per heavy atom. The van der Waals surface area contributed by atoms with Crippen molar-refractivity contribution in [3.8, 4) is 0 Å². The smallest absolute Gasteiger partial charge is 0.338 e. The van der Waals surface area contributed by atoms with Crippen molar-refractivity contribution in [1.82, 2.24) is 9.88 Å². The first-order chi connectivity index (χ1) is 14.6. The Morgan fingerprint density at radius 2 is 1.87 bits per heavy atom. The zero-order valence-electron chi connectivity index (χ0n) is 17.3.